The van der Waals surface area contributed by atoms with Crippen LogP contribution in [0.1, 0.15) is 30.9 Å². The molecule has 86 valence electrons. The minimum atomic E-state index is -0.280. The molecular weight excluding hydrogens is 204 g/mol. The van der Waals surface area contributed by atoms with Crippen molar-refractivity contribution in [3.8, 4) is 0 Å². The minimum Gasteiger partial charge on any atom is -0.299 e. The van der Waals surface area contributed by atoms with Crippen molar-refractivity contribution < 1.29 is 4.92 Å². The van der Waals surface area contributed by atoms with Gasteiger partial charge in [0.1, 0.15) is 0 Å². The lowest BCUT2D eigenvalue weighted by Gasteiger charge is -2.32. The molecule has 0 N–H and O–H groups in total. The van der Waals surface area contributed by atoms with Gasteiger partial charge in [-0.2, -0.15) is 0 Å². The molecule has 4 heteroatoms. The van der Waals surface area contributed by atoms with Crippen LogP contribution in [0.15, 0.2) is 24.3 Å². The van der Waals surface area contributed by atoms with E-state index in [9.17, 15) is 10.1 Å². The van der Waals surface area contributed by atoms with E-state index < -0.39 is 0 Å². The van der Waals surface area contributed by atoms with E-state index in [-0.39, 0.29) is 16.7 Å². The molecule has 1 aromatic rings. The van der Waals surface area contributed by atoms with Gasteiger partial charge in [0.25, 0.3) is 5.69 Å². The summed E-state index contributed by atoms with van der Waals surface area (Å²) in [5, 5.41) is 11.0. The van der Waals surface area contributed by atoms with Crippen molar-refractivity contribution in [2.24, 2.45) is 0 Å². The number of nitro benzene ring substituents is 1. The van der Waals surface area contributed by atoms with E-state index in [1.807, 2.05) is 19.2 Å². The number of likely N-dealkylation sites (tertiary alicyclic amines) is 1. The highest BCUT2D eigenvalue weighted by atomic mass is 16.6. The molecule has 1 heterocycles. The van der Waals surface area contributed by atoms with Gasteiger partial charge in [-0.3, -0.25) is 15.0 Å². The van der Waals surface area contributed by atoms with Gasteiger partial charge in [-0.25, -0.2) is 0 Å². The Morgan fingerprint density at radius 1 is 1.38 bits per heavy atom. The lowest BCUT2D eigenvalue weighted by atomic mass is 9.95. The van der Waals surface area contributed by atoms with Gasteiger partial charge < -0.3 is 0 Å². The van der Waals surface area contributed by atoms with Crippen LogP contribution in [0.5, 0.6) is 0 Å². The number of rotatable bonds is 2. The van der Waals surface area contributed by atoms with Crippen molar-refractivity contribution in [2.75, 3.05) is 13.6 Å². The molecule has 0 aromatic heterocycles. The SMILES string of the molecule is CN1CCCCC1c1ccccc1[N+](=O)[O-]. The fourth-order valence-electron chi connectivity index (χ4n) is 2.40. The number of hydrogen-bond acceptors (Lipinski definition) is 3. The Bertz CT molecular complexity index is 392. The molecular formula is C12H16N2O2. The van der Waals surface area contributed by atoms with Crippen molar-refractivity contribution in [1.82, 2.24) is 4.90 Å². The smallest absolute Gasteiger partial charge is 0.274 e. The van der Waals surface area contributed by atoms with Gasteiger partial charge in [0.2, 0.25) is 0 Å². The summed E-state index contributed by atoms with van der Waals surface area (Å²) in [4.78, 5) is 12.9. The first-order valence-electron chi connectivity index (χ1n) is 5.63. The van der Waals surface area contributed by atoms with Crippen molar-refractivity contribution in [3.05, 3.63) is 39.9 Å². The summed E-state index contributed by atoms with van der Waals surface area (Å²) >= 11 is 0. The van der Waals surface area contributed by atoms with Gasteiger partial charge in [-0.05, 0) is 26.4 Å². The van der Waals surface area contributed by atoms with Crippen LogP contribution in [0, 0.1) is 10.1 Å². The fraction of sp³-hybridized carbons (Fsp3) is 0.500. The molecule has 1 aromatic carbocycles. The maximum absolute atomic E-state index is 11.0. The molecule has 1 aliphatic heterocycles. The molecule has 1 fully saturated rings. The normalized spacial score (nSPS) is 21.9. The summed E-state index contributed by atoms with van der Waals surface area (Å²) in [6.45, 7) is 1.02. The quantitative estimate of drug-likeness (QED) is 0.568. The molecule has 0 aliphatic carbocycles. The third-order valence-electron chi connectivity index (χ3n) is 3.26. The monoisotopic (exact) mass is 220 g/mol. The Labute approximate surface area is 95.0 Å². The van der Waals surface area contributed by atoms with Gasteiger partial charge in [0.15, 0.2) is 0 Å². The number of benzene rings is 1. The molecule has 0 bridgehead atoms. The number of piperidine rings is 1. The molecule has 0 saturated carbocycles. The molecule has 1 unspecified atom stereocenters. The van der Waals surface area contributed by atoms with Gasteiger partial charge in [0.05, 0.1) is 4.92 Å². The Balaban J connectivity index is 2.34. The molecule has 1 saturated heterocycles. The summed E-state index contributed by atoms with van der Waals surface area (Å²) < 4.78 is 0. The van der Waals surface area contributed by atoms with E-state index in [4.69, 9.17) is 0 Å². The number of nitrogens with zero attached hydrogens (tertiary/aromatic N) is 2. The Kier molecular flexibility index (Phi) is 3.19. The Hall–Kier alpha value is -1.42. The first kappa shape index (κ1) is 11.1. The average Bonchev–Trinajstić information content (AvgIpc) is 2.29. The maximum Gasteiger partial charge on any atom is 0.274 e. The van der Waals surface area contributed by atoms with Gasteiger partial charge in [-0.15, -0.1) is 0 Å². The van der Waals surface area contributed by atoms with E-state index in [1.54, 1.807) is 12.1 Å². The van der Waals surface area contributed by atoms with Crippen molar-refractivity contribution in [1.29, 1.82) is 0 Å². The fourth-order valence-corrected chi connectivity index (χ4v) is 2.40. The van der Waals surface area contributed by atoms with E-state index in [0.29, 0.717) is 0 Å². The third-order valence-corrected chi connectivity index (χ3v) is 3.26. The largest absolute Gasteiger partial charge is 0.299 e. The van der Waals surface area contributed by atoms with Crippen molar-refractivity contribution >= 4 is 5.69 Å². The predicted octanol–water partition coefficient (Wildman–Crippen LogP) is 2.75. The lowest BCUT2D eigenvalue weighted by Crippen LogP contribution is -2.29. The second-order valence-electron chi connectivity index (χ2n) is 4.31. The highest BCUT2D eigenvalue weighted by Crippen LogP contribution is 2.34. The van der Waals surface area contributed by atoms with Crippen LogP contribution in [-0.2, 0) is 0 Å². The van der Waals surface area contributed by atoms with Crippen LogP contribution in [0.25, 0.3) is 0 Å². The summed E-state index contributed by atoms with van der Waals surface area (Å²) in [7, 11) is 2.04. The minimum absolute atomic E-state index is 0.204. The van der Waals surface area contributed by atoms with Crippen LogP contribution in [0.2, 0.25) is 0 Å². The molecule has 4 nitrogen and oxygen atoms in total. The number of hydrogen-bond donors (Lipinski definition) is 0. The maximum atomic E-state index is 11.0. The average molecular weight is 220 g/mol. The highest BCUT2D eigenvalue weighted by molar-refractivity contribution is 5.42. The van der Waals surface area contributed by atoms with E-state index in [0.717, 1.165) is 24.9 Å². The zero-order valence-electron chi connectivity index (χ0n) is 9.43. The van der Waals surface area contributed by atoms with Crippen molar-refractivity contribution in [2.45, 2.75) is 25.3 Å². The van der Waals surface area contributed by atoms with Gasteiger partial charge >= 0.3 is 0 Å². The van der Waals surface area contributed by atoms with Gasteiger partial charge in [-0.1, -0.05) is 24.6 Å². The number of para-hydroxylation sites is 1. The summed E-state index contributed by atoms with van der Waals surface area (Å²) in [6, 6.07) is 7.29. The van der Waals surface area contributed by atoms with Crippen LogP contribution in [0.4, 0.5) is 5.69 Å². The molecule has 16 heavy (non-hydrogen) atoms. The highest BCUT2D eigenvalue weighted by Gasteiger charge is 2.26. The molecule has 2 rings (SSSR count). The van der Waals surface area contributed by atoms with Crippen LogP contribution in [0.3, 0.4) is 0 Å². The number of nitro groups is 1. The topological polar surface area (TPSA) is 46.4 Å². The summed E-state index contributed by atoms with van der Waals surface area (Å²) in [5.41, 5.74) is 1.11. The van der Waals surface area contributed by atoms with E-state index >= 15 is 0 Å². The first-order valence-corrected chi connectivity index (χ1v) is 5.63. The predicted molar refractivity (Wildman–Crippen MR) is 62.3 cm³/mol. The van der Waals surface area contributed by atoms with E-state index in [1.165, 1.54) is 6.42 Å². The Morgan fingerprint density at radius 3 is 2.81 bits per heavy atom. The lowest BCUT2D eigenvalue weighted by molar-refractivity contribution is -0.386. The second-order valence-corrected chi connectivity index (χ2v) is 4.31. The second kappa shape index (κ2) is 4.61. The zero-order chi connectivity index (χ0) is 11.5. The van der Waals surface area contributed by atoms with Crippen LogP contribution >= 0.6 is 0 Å². The zero-order valence-corrected chi connectivity index (χ0v) is 9.43. The summed E-state index contributed by atoms with van der Waals surface area (Å²) in [6.07, 6.45) is 3.36. The van der Waals surface area contributed by atoms with Crippen LogP contribution in [-0.4, -0.2) is 23.4 Å². The molecule has 0 amide bonds. The molecule has 1 atom stereocenters. The first-order chi connectivity index (χ1) is 7.70. The Morgan fingerprint density at radius 2 is 2.12 bits per heavy atom. The molecule has 0 radical (unpaired) electrons. The van der Waals surface area contributed by atoms with Crippen molar-refractivity contribution in [3.63, 3.8) is 0 Å². The van der Waals surface area contributed by atoms with E-state index in [2.05, 4.69) is 4.90 Å². The summed E-state index contributed by atoms with van der Waals surface area (Å²) in [5.74, 6) is 0. The third kappa shape index (κ3) is 2.07. The van der Waals surface area contributed by atoms with Gasteiger partial charge in [0, 0.05) is 17.7 Å². The van der Waals surface area contributed by atoms with Crippen LogP contribution < -0.4 is 0 Å². The standard InChI is InChI=1S/C12H16N2O2/c1-13-9-5-4-7-11(13)10-6-2-3-8-12(10)14(15)16/h2-3,6,8,11H,4-5,7,9H2,1H3. The molecule has 1 aliphatic rings. The molecule has 0 spiro atoms.